The lowest BCUT2D eigenvalue weighted by molar-refractivity contribution is -0.189. The predicted octanol–water partition coefficient (Wildman–Crippen LogP) is 4.50. The van der Waals surface area contributed by atoms with Crippen LogP contribution in [-0.4, -0.2) is 49.0 Å². The van der Waals surface area contributed by atoms with Crippen molar-refractivity contribution in [1.29, 1.82) is 0 Å². The van der Waals surface area contributed by atoms with Gasteiger partial charge in [0, 0.05) is 6.61 Å². The van der Waals surface area contributed by atoms with Crippen molar-refractivity contribution in [1.82, 2.24) is 0 Å². The van der Waals surface area contributed by atoms with Crippen molar-refractivity contribution >= 4 is 0 Å². The van der Waals surface area contributed by atoms with Crippen molar-refractivity contribution in [3.05, 3.63) is 108 Å². The van der Waals surface area contributed by atoms with E-state index in [0.29, 0.717) is 26.4 Å². The Morgan fingerprint density at radius 3 is 1.86 bits per heavy atom. The lowest BCUT2D eigenvalue weighted by Gasteiger charge is -2.28. The van der Waals surface area contributed by atoms with Crippen LogP contribution in [0.2, 0.25) is 0 Å². The molecule has 0 aromatic heterocycles. The molecular weight excluding hydrogens is 444 g/mol. The molecule has 0 amide bonds. The summed E-state index contributed by atoms with van der Waals surface area (Å²) in [6, 6.07) is 29.8. The highest BCUT2D eigenvalue weighted by atomic mass is 16.7. The van der Waals surface area contributed by atoms with Gasteiger partial charge in [0.25, 0.3) is 0 Å². The summed E-state index contributed by atoms with van der Waals surface area (Å²) in [7, 11) is 0. The summed E-state index contributed by atoms with van der Waals surface area (Å²) in [5, 5.41) is 11.0. The summed E-state index contributed by atoms with van der Waals surface area (Å²) >= 11 is 0. The lowest BCUT2D eigenvalue weighted by Crippen LogP contribution is -2.44. The molecule has 1 saturated heterocycles. The monoisotopic (exact) mass is 478 g/mol. The first-order valence-corrected chi connectivity index (χ1v) is 12.1. The van der Waals surface area contributed by atoms with Crippen LogP contribution in [0, 0.1) is 0 Å². The summed E-state index contributed by atoms with van der Waals surface area (Å²) in [6.07, 6.45) is -3.40. The third kappa shape index (κ3) is 7.45. The van der Waals surface area contributed by atoms with E-state index >= 15 is 0 Å². The summed E-state index contributed by atoms with van der Waals surface area (Å²) in [5.74, 6) is 0. The Labute approximate surface area is 207 Å². The minimum Gasteiger partial charge on any atom is -0.385 e. The second-order valence-corrected chi connectivity index (χ2v) is 8.51. The van der Waals surface area contributed by atoms with Crippen LogP contribution in [-0.2, 0) is 43.5 Å². The van der Waals surface area contributed by atoms with Crippen LogP contribution < -0.4 is 0 Å². The molecule has 1 heterocycles. The molecule has 3 aromatic rings. The van der Waals surface area contributed by atoms with Crippen molar-refractivity contribution in [2.45, 2.75) is 57.5 Å². The molecule has 0 saturated carbocycles. The zero-order valence-corrected chi connectivity index (χ0v) is 20.1. The molecule has 0 aliphatic carbocycles. The van der Waals surface area contributed by atoms with Crippen LogP contribution in [0.15, 0.2) is 91.0 Å². The van der Waals surface area contributed by atoms with E-state index in [9.17, 15) is 5.11 Å². The van der Waals surface area contributed by atoms with Gasteiger partial charge in [-0.3, -0.25) is 0 Å². The van der Waals surface area contributed by atoms with Gasteiger partial charge in [-0.2, -0.15) is 0 Å². The third-order valence-electron chi connectivity index (χ3n) is 5.91. The molecular formula is C29H34O6. The Kier molecular flexibility index (Phi) is 9.84. The third-order valence-corrected chi connectivity index (χ3v) is 5.91. The number of hydrogen-bond acceptors (Lipinski definition) is 6. The maximum Gasteiger partial charge on any atom is 0.186 e. The average Bonchev–Trinajstić information content (AvgIpc) is 3.21. The standard InChI is InChI=1S/C29H34O6/c1-2-32-29-26(30)28(34-20-24-16-10-5-11-17-24)27(35-29)25(33-19-23-14-8-4-9-15-23)21-31-18-22-12-6-3-7-13-22/h3-17,25-30H,2,18-21H2,1H3/t25-,26?,27?,28?,29?/m1/s1. The molecule has 6 nitrogen and oxygen atoms in total. The van der Waals surface area contributed by atoms with Gasteiger partial charge in [-0.15, -0.1) is 0 Å². The highest BCUT2D eigenvalue weighted by Gasteiger charge is 2.49. The lowest BCUT2D eigenvalue weighted by atomic mass is 10.1. The second-order valence-electron chi connectivity index (χ2n) is 8.51. The molecule has 1 aliphatic rings. The van der Waals surface area contributed by atoms with Crippen molar-refractivity contribution in [3.63, 3.8) is 0 Å². The fraction of sp³-hybridized carbons (Fsp3) is 0.379. The van der Waals surface area contributed by atoms with Gasteiger partial charge in [0.2, 0.25) is 0 Å². The normalized spacial score (nSPS) is 22.8. The van der Waals surface area contributed by atoms with Gasteiger partial charge in [-0.1, -0.05) is 91.0 Å². The van der Waals surface area contributed by atoms with Crippen molar-refractivity contribution < 1.29 is 28.8 Å². The van der Waals surface area contributed by atoms with Gasteiger partial charge in [-0.05, 0) is 23.6 Å². The van der Waals surface area contributed by atoms with Gasteiger partial charge in [-0.25, -0.2) is 0 Å². The van der Waals surface area contributed by atoms with Gasteiger partial charge in [0.1, 0.15) is 24.4 Å². The first kappa shape index (κ1) is 25.5. The fourth-order valence-electron chi connectivity index (χ4n) is 4.11. The largest absolute Gasteiger partial charge is 0.385 e. The summed E-state index contributed by atoms with van der Waals surface area (Å²) in [6.45, 7) is 3.75. The maximum absolute atomic E-state index is 11.0. The van der Waals surface area contributed by atoms with Gasteiger partial charge < -0.3 is 28.8 Å². The minimum absolute atomic E-state index is 0.281. The minimum atomic E-state index is -0.944. The average molecular weight is 479 g/mol. The number of benzene rings is 3. The van der Waals surface area contributed by atoms with Crippen LogP contribution in [0.4, 0.5) is 0 Å². The van der Waals surface area contributed by atoms with Crippen LogP contribution in [0.5, 0.6) is 0 Å². The molecule has 4 rings (SSSR count). The van der Waals surface area contributed by atoms with E-state index in [1.165, 1.54) is 0 Å². The first-order valence-electron chi connectivity index (χ1n) is 12.1. The van der Waals surface area contributed by atoms with Crippen molar-refractivity contribution in [2.24, 2.45) is 0 Å². The molecule has 0 spiro atoms. The number of aliphatic hydroxyl groups excluding tert-OH is 1. The van der Waals surface area contributed by atoms with Gasteiger partial charge in [0.15, 0.2) is 6.29 Å². The zero-order chi connectivity index (χ0) is 24.3. The van der Waals surface area contributed by atoms with E-state index < -0.39 is 30.7 Å². The van der Waals surface area contributed by atoms with E-state index in [1.54, 1.807) is 0 Å². The fourth-order valence-corrected chi connectivity index (χ4v) is 4.11. The molecule has 3 aromatic carbocycles. The molecule has 4 unspecified atom stereocenters. The first-order chi connectivity index (χ1) is 17.2. The summed E-state index contributed by atoms with van der Waals surface area (Å²) < 4.78 is 30.4. The Balaban J connectivity index is 1.48. The van der Waals surface area contributed by atoms with Gasteiger partial charge >= 0.3 is 0 Å². The van der Waals surface area contributed by atoms with E-state index in [4.69, 9.17) is 23.7 Å². The predicted molar refractivity (Wildman–Crippen MR) is 132 cm³/mol. The Morgan fingerprint density at radius 2 is 1.29 bits per heavy atom. The molecule has 5 atom stereocenters. The van der Waals surface area contributed by atoms with Crippen molar-refractivity contribution in [3.8, 4) is 0 Å². The van der Waals surface area contributed by atoms with Crippen LogP contribution in [0.3, 0.4) is 0 Å². The highest BCUT2D eigenvalue weighted by Crippen LogP contribution is 2.30. The van der Waals surface area contributed by atoms with Crippen LogP contribution in [0.25, 0.3) is 0 Å². The van der Waals surface area contributed by atoms with Crippen molar-refractivity contribution in [2.75, 3.05) is 13.2 Å². The number of hydrogen-bond donors (Lipinski definition) is 1. The maximum atomic E-state index is 11.0. The Morgan fingerprint density at radius 1 is 0.743 bits per heavy atom. The molecule has 0 radical (unpaired) electrons. The molecule has 186 valence electrons. The SMILES string of the molecule is CCOC1OC([C@@H](COCc2ccccc2)OCc2ccccc2)C(OCc2ccccc2)C1O. The van der Waals surface area contributed by atoms with E-state index in [0.717, 1.165) is 16.7 Å². The molecule has 6 heteroatoms. The van der Waals surface area contributed by atoms with Gasteiger partial charge in [0.05, 0.1) is 26.4 Å². The molecule has 35 heavy (non-hydrogen) atoms. The van der Waals surface area contributed by atoms with E-state index in [1.807, 2.05) is 97.9 Å². The van der Waals surface area contributed by atoms with E-state index in [-0.39, 0.29) is 6.61 Å². The number of ether oxygens (including phenoxy) is 5. The van der Waals surface area contributed by atoms with Crippen LogP contribution in [0.1, 0.15) is 23.6 Å². The molecule has 1 N–H and O–H groups in total. The second kappa shape index (κ2) is 13.5. The molecule has 1 aliphatic heterocycles. The number of aliphatic hydroxyl groups is 1. The topological polar surface area (TPSA) is 66.4 Å². The quantitative estimate of drug-likeness (QED) is 0.390. The smallest absolute Gasteiger partial charge is 0.186 e. The van der Waals surface area contributed by atoms with E-state index in [2.05, 4.69) is 0 Å². The molecule has 1 fully saturated rings. The summed E-state index contributed by atoms with van der Waals surface area (Å²) in [4.78, 5) is 0. The summed E-state index contributed by atoms with van der Waals surface area (Å²) in [5.41, 5.74) is 3.13. The number of rotatable bonds is 13. The Hall–Kier alpha value is -2.58. The highest BCUT2D eigenvalue weighted by molar-refractivity contribution is 5.15. The molecule has 0 bridgehead atoms. The Bertz CT molecular complexity index is 968. The van der Waals surface area contributed by atoms with Crippen LogP contribution >= 0.6 is 0 Å². The zero-order valence-electron chi connectivity index (χ0n) is 20.1.